The van der Waals surface area contributed by atoms with Gasteiger partial charge in [-0.05, 0) is 75.1 Å². The maximum Gasteiger partial charge on any atom is 0.301 e. The van der Waals surface area contributed by atoms with Crippen LogP contribution in [0.4, 0.5) is 37.6 Å². The highest BCUT2D eigenvalue weighted by Gasteiger charge is 2.51. The molecule has 18 heteroatoms. The number of piperidine rings is 2. The van der Waals surface area contributed by atoms with Crippen LogP contribution in [-0.4, -0.2) is 105 Å². The van der Waals surface area contributed by atoms with E-state index in [9.17, 15) is 14.4 Å². The lowest BCUT2D eigenvalue weighted by molar-refractivity contribution is -0.134. The Hall–Kier alpha value is -5.55. The van der Waals surface area contributed by atoms with Crippen molar-refractivity contribution in [2.24, 2.45) is 25.9 Å². The highest BCUT2D eigenvalue weighted by molar-refractivity contribution is 6.33. The number of fused-ring (bicyclic) bond motifs is 4. The number of piperazine rings is 1. The summed E-state index contributed by atoms with van der Waals surface area (Å²) in [6.45, 7) is 6.69. The molecule has 3 saturated heterocycles. The minimum absolute atomic E-state index is 0.107. The zero-order chi connectivity index (χ0) is 43.0. The normalized spacial score (nSPS) is 23.5. The van der Waals surface area contributed by atoms with Gasteiger partial charge < -0.3 is 29.7 Å². The van der Waals surface area contributed by atoms with Crippen LogP contribution in [0, 0.1) is 11.8 Å². The summed E-state index contributed by atoms with van der Waals surface area (Å²) < 4.78 is 39.2. The van der Waals surface area contributed by atoms with Gasteiger partial charge in [0.2, 0.25) is 23.5 Å². The number of para-hydroxylation sites is 1. The molecule has 1 unspecified atom stereocenters. The number of ether oxygens (including phenoxy) is 1. The first kappa shape index (κ1) is 40.5. The van der Waals surface area contributed by atoms with Crippen LogP contribution >= 0.6 is 11.6 Å². The molecule has 2 amide bonds. The largest absolute Gasteiger partial charge is 0.480 e. The van der Waals surface area contributed by atoms with E-state index in [1.807, 2.05) is 29.9 Å². The number of amides is 2. The molecular formula is C44H50ClF2N11O4. The van der Waals surface area contributed by atoms with Crippen molar-refractivity contribution in [1.82, 2.24) is 34.5 Å². The summed E-state index contributed by atoms with van der Waals surface area (Å²) >= 11 is 6.65. The second kappa shape index (κ2) is 15.7. The molecule has 1 saturated carbocycles. The van der Waals surface area contributed by atoms with E-state index in [4.69, 9.17) is 26.4 Å². The smallest absolute Gasteiger partial charge is 0.301 e. The van der Waals surface area contributed by atoms with Gasteiger partial charge in [0.1, 0.15) is 5.02 Å². The molecular weight excluding hydrogens is 820 g/mol. The number of nitrogens with zero attached hydrogens (tertiary/aromatic N) is 8. The van der Waals surface area contributed by atoms with Crippen molar-refractivity contribution in [1.29, 1.82) is 0 Å². The lowest BCUT2D eigenvalue weighted by Gasteiger charge is -2.43. The first-order chi connectivity index (χ1) is 29.8. The van der Waals surface area contributed by atoms with Crippen molar-refractivity contribution < 1.29 is 23.1 Å². The molecule has 62 heavy (non-hydrogen) atoms. The highest BCUT2D eigenvalue weighted by Crippen LogP contribution is 2.46. The van der Waals surface area contributed by atoms with Crippen molar-refractivity contribution >= 4 is 74.0 Å². The first-order valence-corrected chi connectivity index (χ1v) is 22.0. The van der Waals surface area contributed by atoms with E-state index in [2.05, 4.69) is 48.6 Å². The van der Waals surface area contributed by atoms with Gasteiger partial charge in [0, 0.05) is 82.3 Å². The number of carbonyl (C=O) groups is 2. The molecule has 0 bridgehead atoms. The Morgan fingerprint density at radius 1 is 0.984 bits per heavy atom. The zero-order valence-electron chi connectivity index (χ0n) is 35.0. The maximum atomic E-state index is 15.2. The Morgan fingerprint density at radius 2 is 1.79 bits per heavy atom. The van der Waals surface area contributed by atoms with Gasteiger partial charge in [-0.2, -0.15) is 10.1 Å². The minimum atomic E-state index is -3.13. The van der Waals surface area contributed by atoms with Crippen LogP contribution in [0.1, 0.15) is 57.1 Å². The van der Waals surface area contributed by atoms with Crippen LogP contribution in [0.25, 0.3) is 21.8 Å². The average molecular weight is 870 g/mol. The monoisotopic (exact) mass is 869 g/mol. The van der Waals surface area contributed by atoms with Gasteiger partial charge >= 0.3 is 5.92 Å². The van der Waals surface area contributed by atoms with E-state index in [0.717, 1.165) is 74.4 Å². The topological polar surface area (TPSA) is 155 Å². The SMILES string of the molecule is C[C@@H]1CN(c2cccc3c(C4CCC(=O)NC4=O)nn(C)c23)CCN1CC1CCN(c2ncc(Cl)c(Nc3ccc4c(c3)c3c(c(=O)n4C)OCC(F)(F)[C@H](C4CC4)N3)n2)CC1. The molecule has 7 heterocycles. The Labute approximate surface area is 361 Å². The number of anilines is 5. The molecule has 326 valence electrons. The number of rotatable bonds is 8. The van der Waals surface area contributed by atoms with Crippen LogP contribution in [0.3, 0.4) is 0 Å². The summed E-state index contributed by atoms with van der Waals surface area (Å²) in [5.74, 6) is -2.87. The molecule has 3 atom stereocenters. The second-order valence-corrected chi connectivity index (χ2v) is 18.1. The van der Waals surface area contributed by atoms with Crippen molar-refractivity contribution in [2.45, 2.75) is 69.4 Å². The summed E-state index contributed by atoms with van der Waals surface area (Å²) in [6, 6.07) is 10.8. The third-order valence-corrected chi connectivity index (χ3v) is 13.8. The number of aryl methyl sites for hydroxylation is 2. The molecule has 3 aromatic heterocycles. The molecule has 3 N–H and O–H groups in total. The van der Waals surface area contributed by atoms with E-state index in [1.165, 1.54) is 4.57 Å². The van der Waals surface area contributed by atoms with Crippen LogP contribution in [0.15, 0.2) is 47.4 Å². The number of benzene rings is 2. The van der Waals surface area contributed by atoms with Gasteiger partial charge in [-0.3, -0.25) is 29.3 Å². The van der Waals surface area contributed by atoms with Crippen molar-refractivity contribution in [3.8, 4) is 5.75 Å². The van der Waals surface area contributed by atoms with E-state index < -0.39 is 30.0 Å². The standard InChI is InChI=1S/C44H50ClF2N11O4/c1-24-21-58(33-6-4-5-28-35(53-55(3)37(28)33)29-10-12-34(59)50-41(29)60)18-17-57(24)22-25-13-15-56(16-14-25)43-48-20-31(45)40(52-43)49-27-9-11-32-30(19-27)36-38(42(61)54(32)2)62-23-44(46,47)39(51-36)26-7-8-26/h4-6,9,11,19-20,24-26,29,39,51H,7-8,10,12-18,21-23H2,1-3H3,(H,48,49,52)(H,50,59,60)/t24-,29?,39+/m1/s1. The van der Waals surface area contributed by atoms with E-state index in [0.29, 0.717) is 71.0 Å². The number of nitrogens with one attached hydrogen (secondary N) is 3. The molecule has 4 aliphatic heterocycles. The Balaban J connectivity index is 0.788. The van der Waals surface area contributed by atoms with E-state index in [1.54, 1.807) is 25.4 Å². The number of carbonyl (C=O) groups excluding carboxylic acids is 2. The first-order valence-electron chi connectivity index (χ1n) is 21.6. The number of aromatic nitrogens is 5. The summed E-state index contributed by atoms with van der Waals surface area (Å²) in [7, 11) is 3.53. The van der Waals surface area contributed by atoms with Crippen LogP contribution in [-0.2, 0) is 23.7 Å². The predicted octanol–water partition coefficient (Wildman–Crippen LogP) is 5.78. The minimum Gasteiger partial charge on any atom is -0.480 e. The molecule has 10 rings (SSSR count). The molecule has 1 aliphatic carbocycles. The number of hydrogen-bond donors (Lipinski definition) is 3. The molecule has 5 aliphatic rings. The fraction of sp³-hybridized carbons (Fsp3) is 0.500. The van der Waals surface area contributed by atoms with Crippen LogP contribution < -0.4 is 36.0 Å². The summed E-state index contributed by atoms with van der Waals surface area (Å²) in [4.78, 5) is 54.5. The van der Waals surface area contributed by atoms with Crippen LogP contribution in [0.5, 0.6) is 5.75 Å². The molecule has 2 aromatic carbocycles. The van der Waals surface area contributed by atoms with Crippen molar-refractivity contribution in [3.05, 3.63) is 63.7 Å². The van der Waals surface area contributed by atoms with Crippen molar-refractivity contribution in [3.63, 3.8) is 0 Å². The Kier molecular flexibility index (Phi) is 10.2. The number of pyridine rings is 1. The number of halogens is 3. The molecule has 0 spiro atoms. The summed E-state index contributed by atoms with van der Waals surface area (Å²) in [5.41, 5.74) is 3.84. The Bertz CT molecular complexity index is 2660. The fourth-order valence-corrected chi connectivity index (χ4v) is 10.1. The molecule has 5 aromatic rings. The molecule has 15 nitrogen and oxygen atoms in total. The van der Waals surface area contributed by atoms with E-state index >= 15 is 8.78 Å². The van der Waals surface area contributed by atoms with E-state index in [-0.39, 0.29) is 29.2 Å². The molecule has 4 fully saturated rings. The summed E-state index contributed by atoms with van der Waals surface area (Å²) in [5, 5.41) is 15.5. The van der Waals surface area contributed by atoms with Gasteiger partial charge in [0.15, 0.2) is 12.4 Å². The lowest BCUT2D eigenvalue weighted by atomic mass is 9.92. The number of imide groups is 1. The van der Waals surface area contributed by atoms with Gasteiger partial charge in [0.25, 0.3) is 5.56 Å². The molecule has 0 radical (unpaired) electrons. The maximum absolute atomic E-state index is 15.2. The summed E-state index contributed by atoms with van der Waals surface area (Å²) in [6.07, 6.45) is 5.75. The highest BCUT2D eigenvalue weighted by atomic mass is 35.5. The predicted molar refractivity (Wildman–Crippen MR) is 234 cm³/mol. The third-order valence-electron chi connectivity index (χ3n) is 13.5. The van der Waals surface area contributed by atoms with Crippen LogP contribution in [0.2, 0.25) is 5.02 Å². The Morgan fingerprint density at radius 3 is 2.55 bits per heavy atom. The lowest BCUT2D eigenvalue weighted by Crippen LogP contribution is -2.54. The number of hydrogen-bond acceptors (Lipinski definition) is 12. The zero-order valence-corrected chi connectivity index (χ0v) is 35.7. The van der Waals surface area contributed by atoms with Gasteiger partial charge in [-0.25, -0.2) is 13.8 Å². The quantitative estimate of drug-likeness (QED) is 0.162. The third kappa shape index (κ3) is 7.35. The van der Waals surface area contributed by atoms with Gasteiger partial charge in [-0.15, -0.1) is 0 Å². The second-order valence-electron chi connectivity index (χ2n) is 17.7. The fourth-order valence-electron chi connectivity index (χ4n) is 9.96. The van der Waals surface area contributed by atoms with Crippen molar-refractivity contribution in [2.75, 3.05) is 66.3 Å². The average Bonchev–Trinajstić information content (AvgIpc) is 4.06. The van der Waals surface area contributed by atoms with Gasteiger partial charge in [-0.1, -0.05) is 23.7 Å². The number of alkyl halides is 2. The van der Waals surface area contributed by atoms with Gasteiger partial charge in [0.05, 0.1) is 46.3 Å².